The zero-order chi connectivity index (χ0) is 13.8. The molecule has 98 valence electrons. The number of thioether (sulfide) groups is 1. The molecule has 0 radical (unpaired) electrons. The van der Waals surface area contributed by atoms with Crippen LogP contribution >= 0.6 is 39.3 Å². The number of carbonyl (C=O) groups is 1. The van der Waals surface area contributed by atoms with E-state index in [-0.39, 0.29) is 5.91 Å². The Kier molecular flexibility index (Phi) is 4.91. The molecule has 5 heteroatoms. The molecule has 1 N–H and O–H groups in total. The van der Waals surface area contributed by atoms with Crippen molar-refractivity contribution in [3.05, 3.63) is 57.5 Å². The highest BCUT2D eigenvalue weighted by Gasteiger charge is 2.10. The number of amides is 1. The zero-order valence-corrected chi connectivity index (χ0v) is 13.3. The van der Waals surface area contributed by atoms with E-state index in [1.807, 2.05) is 30.5 Å². The van der Waals surface area contributed by atoms with E-state index in [0.717, 1.165) is 15.1 Å². The van der Waals surface area contributed by atoms with Gasteiger partial charge in [-0.3, -0.25) is 4.79 Å². The molecule has 0 aliphatic rings. The summed E-state index contributed by atoms with van der Waals surface area (Å²) in [6.45, 7) is 0. The Morgan fingerprint density at radius 3 is 2.68 bits per heavy atom. The number of para-hydroxylation sites is 1. The van der Waals surface area contributed by atoms with Gasteiger partial charge >= 0.3 is 0 Å². The molecule has 0 bridgehead atoms. The summed E-state index contributed by atoms with van der Waals surface area (Å²) in [7, 11) is 0. The molecule has 1 amide bonds. The molecule has 0 saturated heterocycles. The van der Waals surface area contributed by atoms with E-state index in [4.69, 9.17) is 11.6 Å². The average molecular weight is 357 g/mol. The first-order chi connectivity index (χ1) is 9.10. The van der Waals surface area contributed by atoms with E-state index in [1.165, 1.54) is 0 Å². The average Bonchev–Trinajstić information content (AvgIpc) is 2.38. The fourth-order valence-corrected chi connectivity index (χ4v) is 3.04. The Bertz CT molecular complexity index is 598. The van der Waals surface area contributed by atoms with Crippen LogP contribution in [-0.2, 0) is 0 Å². The third-order valence-electron chi connectivity index (χ3n) is 2.48. The summed E-state index contributed by atoms with van der Waals surface area (Å²) in [4.78, 5) is 13.2. The number of rotatable bonds is 3. The van der Waals surface area contributed by atoms with Crippen molar-refractivity contribution in [3.63, 3.8) is 0 Å². The van der Waals surface area contributed by atoms with Gasteiger partial charge in [-0.25, -0.2) is 0 Å². The van der Waals surface area contributed by atoms with Gasteiger partial charge in [0.2, 0.25) is 0 Å². The van der Waals surface area contributed by atoms with Crippen LogP contribution in [0.5, 0.6) is 0 Å². The van der Waals surface area contributed by atoms with Gasteiger partial charge in [0.05, 0.1) is 5.69 Å². The summed E-state index contributed by atoms with van der Waals surface area (Å²) < 4.78 is 0.781. The minimum atomic E-state index is -0.176. The van der Waals surface area contributed by atoms with E-state index < -0.39 is 0 Å². The number of hydrogen-bond donors (Lipinski definition) is 1. The van der Waals surface area contributed by atoms with E-state index >= 15 is 0 Å². The summed E-state index contributed by atoms with van der Waals surface area (Å²) >= 11 is 10.9. The van der Waals surface area contributed by atoms with Crippen molar-refractivity contribution in [3.8, 4) is 0 Å². The predicted octanol–water partition coefficient (Wildman–Crippen LogP) is 5.08. The standard InChI is InChI=1S/C14H11BrClNOS/c1-19-13-5-3-2-4-12(13)17-14(18)9-6-10(15)8-11(16)7-9/h2-8H,1H3,(H,17,18). The highest BCUT2D eigenvalue weighted by Crippen LogP contribution is 2.26. The molecular formula is C14H11BrClNOS. The Morgan fingerprint density at radius 2 is 2.00 bits per heavy atom. The quantitative estimate of drug-likeness (QED) is 0.777. The van der Waals surface area contributed by atoms with Gasteiger partial charge in [-0.2, -0.15) is 0 Å². The zero-order valence-electron chi connectivity index (χ0n) is 10.1. The van der Waals surface area contributed by atoms with Crippen molar-refractivity contribution < 1.29 is 4.79 Å². The maximum atomic E-state index is 12.2. The van der Waals surface area contributed by atoms with E-state index in [1.54, 1.807) is 30.0 Å². The first-order valence-corrected chi connectivity index (χ1v) is 7.90. The van der Waals surface area contributed by atoms with Gasteiger partial charge < -0.3 is 5.32 Å². The maximum Gasteiger partial charge on any atom is 0.255 e. The van der Waals surface area contributed by atoms with E-state index in [9.17, 15) is 4.79 Å². The van der Waals surface area contributed by atoms with Gasteiger partial charge in [-0.15, -0.1) is 11.8 Å². The number of anilines is 1. The number of hydrogen-bond acceptors (Lipinski definition) is 2. The molecule has 0 fully saturated rings. The molecule has 0 aliphatic heterocycles. The maximum absolute atomic E-state index is 12.2. The minimum Gasteiger partial charge on any atom is -0.321 e. The summed E-state index contributed by atoms with van der Waals surface area (Å²) in [6, 6.07) is 12.8. The SMILES string of the molecule is CSc1ccccc1NC(=O)c1cc(Cl)cc(Br)c1. The van der Waals surface area contributed by atoms with Crippen LogP contribution in [0.2, 0.25) is 5.02 Å². The van der Waals surface area contributed by atoms with Crippen molar-refractivity contribution in [2.75, 3.05) is 11.6 Å². The van der Waals surface area contributed by atoms with Crippen LogP contribution in [0.3, 0.4) is 0 Å². The van der Waals surface area contributed by atoms with Crippen LogP contribution in [0, 0.1) is 0 Å². The van der Waals surface area contributed by atoms with Crippen molar-refractivity contribution in [2.45, 2.75) is 4.90 Å². The molecule has 2 rings (SSSR count). The second-order valence-corrected chi connectivity index (χ2v) is 6.01. The fourth-order valence-electron chi connectivity index (χ4n) is 1.63. The second kappa shape index (κ2) is 6.46. The van der Waals surface area contributed by atoms with Crippen LogP contribution < -0.4 is 5.32 Å². The minimum absolute atomic E-state index is 0.176. The highest BCUT2D eigenvalue weighted by molar-refractivity contribution is 9.10. The van der Waals surface area contributed by atoms with E-state index in [2.05, 4.69) is 21.2 Å². The molecule has 0 heterocycles. The van der Waals surface area contributed by atoms with Crippen molar-refractivity contribution in [1.82, 2.24) is 0 Å². The molecule has 2 aromatic carbocycles. The Labute approximate surface area is 129 Å². The van der Waals surface area contributed by atoms with Crippen LogP contribution in [0.1, 0.15) is 10.4 Å². The molecule has 2 aromatic rings. The number of halogens is 2. The summed E-state index contributed by atoms with van der Waals surface area (Å²) in [5, 5.41) is 3.42. The highest BCUT2D eigenvalue weighted by atomic mass is 79.9. The largest absolute Gasteiger partial charge is 0.321 e. The smallest absolute Gasteiger partial charge is 0.255 e. The molecule has 0 unspecified atom stereocenters. The first-order valence-electron chi connectivity index (χ1n) is 5.50. The van der Waals surface area contributed by atoms with Gasteiger partial charge in [0, 0.05) is 20.0 Å². The van der Waals surface area contributed by atoms with Crippen LogP contribution in [0.4, 0.5) is 5.69 Å². The molecule has 0 aromatic heterocycles. The van der Waals surface area contributed by atoms with Crippen LogP contribution in [-0.4, -0.2) is 12.2 Å². The lowest BCUT2D eigenvalue weighted by Crippen LogP contribution is -2.12. The monoisotopic (exact) mass is 355 g/mol. The normalized spacial score (nSPS) is 10.3. The first kappa shape index (κ1) is 14.4. The lowest BCUT2D eigenvalue weighted by atomic mass is 10.2. The lowest BCUT2D eigenvalue weighted by molar-refractivity contribution is 0.102. The number of carbonyl (C=O) groups excluding carboxylic acids is 1. The Hall–Kier alpha value is -0.970. The predicted molar refractivity (Wildman–Crippen MR) is 85.3 cm³/mol. The molecule has 0 aliphatic carbocycles. The molecule has 19 heavy (non-hydrogen) atoms. The Balaban J connectivity index is 2.25. The van der Waals surface area contributed by atoms with Gasteiger partial charge in [-0.1, -0.05) is 39.7 Å². The van der Waals surface area contributed by atoms with Gasteiger partial charge in [-0.05, 0) is 36.6 Å². The summed E-state index contributed by atoms with van der Waals surface area (Å²) in [6.07, 6.45) is 1.97. The van der Waals surface area contributed by atoms with Gasteiger partial charge in [0.1, 0.15) is 0 Å². The number of benzene rings is 2. The van der Waals surface area contributed by atoms with Crippen LogP contribution in [0.15, 0.2) is 51.8 Å². The second-order valence-electron chi connectivity index (χ2n) is 3.81. The summed E-state index contributed by atoms with van der Waals surface area (Å²) in [5.41, 5.74) is 1.33. The fraction of sp³-hybridized carbons (Fsp3) is 0.0714. The third kappa shape index (κ3) is 3.75. The molecule has 0 atom stereocenters. The molecule has 2 nitrogen and oxygen atoms in total. The molecule has 0 saturated carbocycles. The molecular weight excluding hydrogens is 346 g/mol. The van der Waals surface area contributed by atoms with Crippen molar-refractivity contribution in [1.29, 1.82) is 0 Å². The third-order valence-corrected chi connectivity index (χ3v) is 3.95. The van der Waals surface area contributed by atoms with E-state index in [0.29, 0.717) is 10.6 Å². The lowest BCUT2D eigenvalue weighted by Gasteiger charge is -2.09. The van der Waals surface area contributed by atoms with Crippen LogP contribution in [0.25, 0.3) is 0 Å². The van der Waals surface area contributed by atoms with Gasteiger partial charge in [0.15, 0.2) is 0 Å². The topological polar surface area (TPSA) is 29.1 Å². The van der Waals surface area contributed by atoms with Crippen molar-refractivity contribution >= 4 is 50.9 Å². The van der Waals surface area contributed by atoms with Crippen molar-refractivity contribution in [2.24, 2.45) is 0 Å². The van der Waals surface area contributed by atoms with Gasteiger partial charge in [0.25, 0.3) is 5.91 Å². The Morgan fingerprint density at radius 1 is 1.26 bits per heavy atom. The summed E-state index contributed by atoms with van der Waals surface area (Å²) in [5.74, 6) is -0.176. The number of nitrogens with one attached hydrogen (secondary N) is 1. The molecule has 0 spiro atoms.